The van der Waals surface area contributed by atoms with E-state index in [0.29, 0.717) is 18.6 Å². The molecule has 0 unspecified atom stereocenters. The van der Waals surface area contributed by atoms with Crippen molar-refractivity contribution in [2.45, 2.75) is 44.1 Å². The first-order valence-corrected chi connectivity index (χ1v) is 9.51. The fourth-order valence-electron chi connectivity index (χ4n) is 4.03. The van der Waals surface area contributed by atoms with Crippen molar-refractivity contribution in [2.24, 2.45) is 0 Å². The first-order valence-electron chi connectivity index (χ1n) is 9.51. The SMILES string of the molecule is O=C(NCC[C@H]1CCCO1)N1CCC(c2cc3ccccc3[nH]2)CC1. The van der Waals surface area contributed by atoms with E-state index < -0.39 is 0 Å². The molecule has 0 saturated carbocycles. The van der Waals surface area contributed by atoms with Gasteiger partial charge in [-0.1, -0.05) is 18.2 Å². The van der Waals surface area contributed by atoms with E-state index in [1.807, 2.05) is 4.90 Å². The van der Waals surface area contributed by atoms with E-state index in [1.165, 1.54) is 16.6 Å². The maximum Gasteiger partial charge on any atom is 0.317 e. The summed E-state index contributed by atoms with van der Waals surface area (Å²) >= 11 is 0. The van der Waals surface area contributed by atoms with Gasteiger partial charge in [0.15, 0.2) is 0 Å². The van der Waals surface area contributed by atoms with Crippen LogP contribution in [0.4, 0.5) is 4.79 Å². The van der Waals surface area contributed by atoms with E-state index in [1.54, 1.807) is 0 Å². The van der Waals surface area contributed by atoms with Gasteiger partial charge >= 0.3 is 6.03 Å². The van der Waals surface area contributed by atoms with Gasteiger partial charge in [-0.05, 0) is 49.6 Å². The Kier molecular flexibility index (Phi) is 4.92. The summed E-state index contributed by atoms with van der Waals surface area (Å²) in [6, 6.07) is 10.7. The number of benzene rings is 1. The molecule has 5 nitrogen and oxygen atoms in total. The Labute approximate surface area is 148 Å². The Balaban J connectivity index is 1.25. The Morgan fingerprint density at radius 1 is 1.24 bits per heavy atom. The smallest absolute Gasteiger partial charge is 0.317 e. The molecule has 0 aliphatic carbocycles. The van der Waals surface area contributed by atoms with Gasteiger partial charge in [0.25, 0.3) is 0 Å². The van der Waals surface area contributed by atoms with E-state index in [9.17, 15) is 4.79 Å². The van der Waals surface area contributed by atoms with Crippen LogP contribution in [0.25, 0.3) is 10.9 Å². The van der Waals surface area contributed by atoms with Crippen LogP contribution in [0.5, 0.6) is 0 Å². The van der Waals surface area contributed by atoms with Crippen molar-refractivity contribution in [3.63, 3.8) is 0 Å². The summed E-state index contributed by atoms with van der Waals surface area (Å²) in [5, 5.41) is 4.32. The molecule has 0 radical (unpaired) electrons. The third-order valence-corrected chi connectivity index (χ3v) is 5.54. The van der Waals surface area contributed by atoms with Gasteiger partial charge in [0.1, 0.15) is 0 Å². The fourth-order valence-corrected chi connectivity index (χ4v) is 4.03. The number of carbonyl (C=O) groups excluding carboxylic acids is 1. The van der Waals surface area contributed by atoms with E-state index >= 15 is 0 Å². The number of fused-ring (bicyclic) bond motifs is 1. The van der Waals surface area contributed by atoms with Crippen LogP contribution in [0.15, 0.2) is 30.3 Å². The van der Waals surface area contributed by atoms with E-state index in [2.05, 4.69) is 40.6 Å². The van der Waals surface area contributed by atoms with Gasteiger partial charge in [0.2, 0.25) is 0 Å². The van der Waals surface area contributed by atoms with Crippen LogP contribution in [0.2, 0.25) is 0 Å². The number of aromatic nitrogens is 1. The highest BCUT2D eigenvalue weighted by Gasteiger charge is 2.25. The molecule has 2 aliphatic rings. The molecule has 1 atom stereocenters. The van der Waals surface area contributed by atoms with Crippen molar-refractivity contribution in [2.75, 3.05) is 26.2 Å². The molecule has 4 rings (SSSR count). The summed E-state index contributed by atoms with van der Waals surface area (Å²) in [5.41, 5.74) is 2.51. The van der Waals surface area contributed by atoms with Gasteiger partial charge in [0, 0.05) is 43.4 Å². The minimum atomic E-state index is 0.0769. The molecule has 25 heavy (non-hydrogen) atoms. The molecule has 2 N–H and O–H groups in total. The second-order valence-electron chi connectivity index (χ2n) is 7.23. The second kappa shape index (κ2) is 7.48. The third-order valence-electron chi connectivity index (χ3n) is 5.54. The molecular weight excluding hydrogens is 314 g/mol. The molecule has 2 aromatic rings. The molecule has 2 fully saturated rings. The molecule has 2 aliphatic heterocycles. The number of piperidine rings is 1. The standard InChI is InChI=1S/C20H27N3O2/c24-20(21-10-7-17-5-3-13-25-17)23-11-8-15(9-12-23)19-14-16-4-1-2-6-18(16)22-19/h1-2,4,6,14-15,17,22H,3,5,7-13H2,(H,21,24)/t17-/m1/s1. The number of para-hydroxylation sites is 1. The van der Waals surface area contributed by atoms with Crippen molar-refractivity contribution in [1.82, 2.24) is 15.2 Å². The van der Waals surface area contributed by atoms with Crippen LogP contribution in [-0.4, -0.2) is 48.3 Å². The Hall–Kier alpha value is -2.01. The lowest BCUT2D eigenvalue weighted by atomic mass is 9.94. The number of amides is 2. The van der Waals surface area contributed by atoms with Gasteiger partial charge in [-0.15, -0.1) is 0 Å². The highest BCUT2D eigenvalue weighted by Crippen LogP contribution is 2.29. The van der Waals surface area contributed by atoms with E-state index in [4.69, 9.17) is 4.74 Å². The lowest BCUT2D eigenvalue weighted by Crippen LogP contribution is -2.44. The number of nitrogens with zero attached hydrogens (tertiary/aromatic N) is 1. The summed E-state index contributed by atoms with van der Waals surface area (Å²) in [7, 11) is 0. The summed E-state index contributed by atoms with van der Waals surface area (Å²) in [6.45, 7) is 3.24. The normalized spacial score (nSPS) is 21.8. The molecule has 1 aromatic heterocycles. The highest BCUT2D eigenvalue weighted by molar-refractivity contribution is 5.80. The Morgan fingerprint density at radius 3 is 2.84 bits per heavy atom. The molecule has 2 saturated heterocycles. The van der Waals surface area contributed by atoms with Gasteiger partial charge in [-0.25, -0.2) is 4.79 Å². The maximum atomic E-state index is 12.3. The zero-order valence-electron chi connectivity index (χ0n) is 14.7. The van der Waals surface area contributed by atoms with Crippen molar-refractivity contribution in [3.05, 3.63) is 36.0 Å². The van der Waals surface area contributed by atoms with Crippen molar-refractivity contribution < 1.29 is 9.53 Å². The van der Waals surface area contributed by atoms with Crippen molar-refractivity contribution in [1.29, 1.82) is 0 Å². The molecule has 0 spiro atoms. The maximum absolute atomic E-state index is 12.3. The summed E-state index contributed by atoms with van der Waals surface area (Å²) in [5.74, 6) is 0.517. The predicted molar refractivity (Wildman–Crippen MR) is 98.8 cm³/mol. The van der Waals surface area contributed by atoms with Crippen LogP contribution >= 0.6 is 0 Å². The number of aromatic amines is 1. The number of ether oxygens (including phenoxy) is 1. The Bertz CT molecular complexity index is 680. The zero-order chi connectivity index (χ0) is 17.1. The number of H-pyrrole nitrogens is 1. The molecular formula is C20H27N3O2. The van der Waals surface area contributed by atoms with Gasteiger partial charge in [0.05, 0.1) is 6.10 Å². The molecule has 0 bridgehead atoms. The van der Waals surface area contributed by atoms with Gasteiger partial charge < -0.3 is 19.9 Å². The first-order chi connectivity index (χ1) is 12.3. The van der Waals surface area contributed by atoms with Crippen LogP contribution in [0.3, 0.4) is 0 Å². The van der Waals surface area contributed by atoms with Crippen molar-refractivity contribution >= 4 is 16.9 Å². The number of hydrogen-bond acceptors (Lipinski definition) is 2. The molecule has 2 amide bonds. The molecule has 5 heteroatoms. The molecule has 3 heterocycles. The monoisotopic (exact) mass is 341 g/mol. The lowest BCUT2D eigenvalue weighted by Gasteiger charge is -2.31. The van der Waals surface area contributed by atoms with Gasteiger partial charge in [-0.2, -0.15) is 0 Å². The number of rotatable bonds is 4. The topological polar surface area (TPSA) is 57.4 Å². The number of carbonyl (C=O) groups is 1. The van der Waals surface area contributed by atoms with Gasteiger partial charge in [-0.3, -0.25) is 0 Å². The largest absolute Gasteiger partial charge is 0.378 e. The fraction of sp³-hybridized carbons (Fsp3) is 0.550. The minimum Gasteiger partial charge on any atom is -0.378 e. The Morgan fingerprint density at radius 2 is 2.08 bits per heavy atom. The summed E-state index contributed by atoms with van der Waals surface area (Å²) in [6.07, 6.45) is 5.59. The summed E-state index contributed by atoms with van der Waals surface area (Å²) < 4.78 is 5.60. The number of hydrogen-bond donors (Lipinski definition) is 2. The molecule has 1 aromatic carbocycles. The quantitative estimate of drug-likeness (QED) is 0.892. The summed E-state index contributed by atoms with van der Waals surface area (Å²) in [4.78, 5) is 17.8. The van der Waals surface area contributed by atoms with Crippen LogP contribution in [0.1, 0.15) is 43.7 Å². The highest BCUT2D eigenvalue weighted by atomic mass is 16.5. The van der Waals surface area contributed by atoms with Crippen molar-refractivity contribution in [3.8, 4) is 0 Å². The average Bonchev–Trinajstić information content (AvgIpc) is 3.31. The number of likely N-dealkylation sites (tertiary alicyclic amines) is 1. The van der Waals surface area contributed by atoms with Crippen LogP contribution in [0, 0.1) is 0 Å². The average molecular weight is 341 g/mol. The number of nitrogens with one attached hydrogen (secondary N) is 2. The lowest BCUT2D eigenvalue weighted by molar-refractivity contribution is 0.104. The predicted octanol–water partition coefficient (Wildman–Crippen LogP) is 3.63. The first kappa shape index (κ1) is 16.5. The van der Waals surface area contributed by atoms with Crippen LogP contribution < -0.4 is 5.32 Å². The van der Waals surface area contributed by atoms with Crippen LogP contribution in [-0.2, 0) is 4.74 Å². The minimum absolute atomic E-state index is 0.0769. The van der Waals surface area contributed by atoms with E-state index in [0.717, 1.165) is 51.8 Å². The zero-order valence-corrected chi connectivity index (χ0v) is 14.7. The second-order valence-corrected chi connectivity index (χ2v) is 7.23. The molecule has 134 valence electrons. The third kappa shape index (κ3) is 3.82. The van der Waals surface area contributed by atoms with E-state index in [-0.39, 0.29) is 6.03 Å². The number of urea groups is 1.